The molecule has 3 aromatic heterocycles. The van der Waals surface area contributed by atoms with Crippen LogP contribution < -0.4 is 5.32 Å². The number of pyridine rings is 1. The molecule has 1 N–H and O–H groups in total. The molecule has 194 valence electrons. The molecule has 0 saturated heterocycles. The molecule has 6 nitrogen and oxygen atoms in total. The highest BCUT2D eigenvalue weighted by Gasteiger charge is 2.49. The third-order valence-electron chi connectivity index (χ3n) is 8.59. The predicted octanol–water partition coefficient (Wildman–Crippen LogP) is 6.65. The maximum Gasteiger partial charge on any atom is 0.270 e. The first kappa shape index (κ1) is 24.8. The van der Waals surface area contributed by atoms with Crippen molar-refractivity contribution in [3.05, 3.63) is 101 Å². The lowest BCUT2D eigenvalue weighted by molar-refractivity contribution is 0.0944. The molecule has 2 fully saturated rings. The lowest BCUT2D eigenvalue weighted by Crippen LogP contribution is -2.33. The minimum atomic E-state index is -0.138. The van der Waals surface area contributed by atoms with E-state index in [9.17, 15) is 4.79 Å². The van der Waals surface area contributed by atoms with Gasteiger partial charge in [0.15, 0.2) is 0 Å². The Bertz CT molecular complexity index is 1490. The Labute approximate surface area is 228 Å². The second kappa shape index (κ2) is 9.99. The zero-order valence-electron chi connectivity index (χ0n) is 21.7. The van der Waals surface area contributed by atoms with Crippen molar-refractivity contribution in [2.75, 3.05) is 0 Å². The van der Waals surface area contributed by atoms with Crippen molar-refractivity contribution in [3.63, 3.8) is 0 Å². The van der Waals surface area contributed by atoms with Crippen LogP contribution in [0.5, 0.6) is 0 Å². The number of halogens is 1. The Hall–Kier alpha value is -3.51. The summed E-state index contributed by atoms with van der Waals surface area (Å²) in [5.74, 6) is 1.01. The fourth-order valence-corrected chi connectivity index (χ4v) is 6.69. The van der Waals surface area contributed by atoms with Gasteiger partial charge in [-0.05, 0) is 84.6 Å². The van der Waals surface area contributed by atoms with Crippen LogP contribution in [0.15, 0.2) is 67.9 Å². The second-order valence-electron chi connectivity index (χ2n) is 11.0. The summed E-state index contributed by atoms with van der Waals surface area (Å²) in [5, 5.41) is 3.65. The first-order valence-electron chi connectivity index (χ1n) is 13.4. The molecule has 7 heteroatoms. The highest BCUT2D eigenvalue weighted by atomic mass is 35.5. The van der Waals surface area contributed by atoms with Crippen LogP contribution in [0.1, 0.15) is 77.8 Å². The smallest absolute Gasteiger partial charge is 0.270 e. The zero-order chi connectivity index (χ0) is 26.3. The van der Waals surface area contributed by atoms with Gasteiger partial charge in [0.25, 0.3) is 5.91 Å². The number of imidazole rings is 1. The van der Waals surface area contributed by atoms with Crippen LogP contribution in [0.2, 0.25) is 5.02 Å². The molecule has 1 unspecified atom stereocenters. The molecule has 2 saturated carbocycles. The van der Waals surface area contributed by atoms with Gasteiger partial charge in [-0.1, -0.05) is 49.4 Å². The minimum absolute atomic E-state index is 0.138. The molecule has 1 amide bonds. The molecule has 2 aliphatic carbocycles. The summed E-state index contributed by atoms with van der Waals surface area (Å²) < 4.78 is 1.78. The summed E-state index contributed by atoms with van der Waals surface area (Å²) in [5.41, 5.74) is 7.25. The number of amides is 1. The quantitative estimate of drug-likeness (QED) is 0.293. The number of fused-ring (bicyclic) bond motifs is 1. The van der Waals surface area contributed by atoms with Crippen LogP contribution in [-0.2, 0) is 13.0 Å². The highest BCUT2D eigenvalue weighted by Crippen LogP contribution is 2.62. The van der Waals surface area contributed by atoms with Crippen molar-refractivity contribution in [3.8, 4) is 0 Å². The Morgan fingerprint density at radius 3 is 2.63 bits per heavy atom. The SMILES string of the molecule is C=C(c1cncnc1)C1CCC2(C1)CC(c1ccc(CNC(=O)c3c(CC)nc4ccc(Cl)cn34)cc1)C2. The van der Waals surface area contributed by atoms with Crippen molar-refractivity contribution in [1.29, 1.82) is 0 Å². The van der Waals surface area contributed by atoms with Crippen molar-refractivity contribution in [2.45, 2.75) is 57.9 Å². The second-order valence-corrected chi connectivity index (χ2v) is 11.4. The number of carbonyl (C=O) groups excluding carboxylic acids is 1. The average Bonchev–Trinajstić information content (AvgIpc) is 3.53. The van der Waals surface area contributed by atoms with Gasteiger partial charge in [-0.3, -0.25) is 9.20 Å². The predicted molar refractivity (Wildman–Crippen MR) is 150 cm³/mol. The summed E-state index contributed by atoms with van der Waals surface area (Å²) in [7, 11) is 0. The average molecular weight is 526 g/mol. The molecule has 1 spiro atoms. The van der Waals surface area contributed by atoms with E-state index in [0.29, 0.717) is 40.9 Å². The van der Waals surface area contributed by atoms with E-state index >= 15 is 0 Å². The fourth-order valence-electron chi connectivity index (χ4n) is 6.53. The summed E-state index contributed by atoms with van der Waals surface area (Å²) >= 11 is 6.17. The summed E-state index contributed by atoms with van der Waals surface area (Å²) in [6, 6.07) is 12.4. The topological polar surface area (TPSA) is 72.2 Å². The highest BCUT2D eigenvalue weighted by molar-refractivity contribution is 6.30. The van der Waals surface area contributed by atoms with Gasteiger partial charge < -0.3 is 5.32 Å². The minimum Gasteiger partial charge on any atom is -0.347 e. The number of nitrogens with zero attached hydrogens (tertiary/aromatic N) is 4. The number of benzene rings is 1. The van der Waals surface area contributed by atoms with Crippen LogP contribution >= 0.6 is 11.6 Å². The number of hydrogen-bond donors (Lipinski definition) is 1. The first-order chi connectivity index (χ1) is 18.4. The third-order valence-corrected chi connectivity index (χ3v) is 8.82. The van der Waals surface area contributed by atoms with Gasteiger partial charge in [-0.25, -0.2) is 15.0 Å². The van der Waals surface area contributed by atoms with E-state index in [0.717, 1.165) is 22.5 Å². The molecule has 0 radical (unpaired) electrons. The maximum atomic E-state index is 13.1. The third kappa shape index (κ3) is 4.62. The van der Waals surface area contributed by atoms with Gasteiger partial charge in [0.2, 0.25) is 0 Å². The monoisotopic (exact) mass is 525 g/mol. The summed E-state index contributed by atoms with van der Waals surface area (Å²) in [6.07, 6.45) is 13.9. The lowest BCUT2D eigenvalue weighted by Gasteiger charge is -2.46. The van der Waals surface area contributed by atoms with E-state index in [2.05, 4.69) is 51.1 Å². The van der Waals surface area contributed by atoms with E-state index in [4.69, 9.17) is 11.6 Å². The number of carbonyl (C=O) groups is 1. The van der Waals surface area contributed by atoms with E-state index in [1.54, 1.807) is 23.0 Å². The van der Waals surface area contributed by atoms with E-state index in [1.165, 1.54) is 43.2 Å². The van der Waals surface area contributed by atoms with Crippen LogP contribution in [0.3, 0.4) is 0 Å². The molecule has 0 bridgehead atoms. The Kier molecular flexibility index (Phi) is 6.52. The molecule has 6 rings (SSSR count). The number of allylic oxidation sites excluding steroid dienone is 1. The molecule has 3 heterocycles. The number of hydrogen-bond acceptors (Lipinski definition) is 4. The molecule has 0 aliphatic heterocycles. The van der Waals surface area contributed by atoms with Crippen molar-refractivity contribution < 1.29 is 4.79 Å². The van der Waals surface area contributed by atoms with Gasteiger partial charge in [0, 0.05) is 30.7 Å². The molecular weight excluding hydrogens is 494 g/mol. The summed E-state index contributed by atoms with van der Waals surface area (Å²) in [4.78, 5) is 26.0. The van der Waals surface area contributed by atoms with Crippen LogP contribution in [0.4, 0.5) is 0 Å². The first-order valence-corrected chi connectivity index (χ1v) is 13.8. The van der Waals surface area contributed by atoms with Gasteiger partial charge in [-0.15, -0.1) is 0 Å². The largest absolute Gasteiger partial charge is 0.347 e. The van der Waals surface area contributed by atoms with Crippen LogP contribution in [0.25, 0.3) is 11.2 Å². The normalized spacial score (nSPS) is 22.5. The number of nitrogens with one attached hydrogen (secondary N) is 1. The summed E-state index contributed by atoms with van der Waals surface area (Å²) in [6.45, 7) is 6.85. The Balaban J connectivity index is 1.05. The zero-order valence-corrected chi connectivity index (χ0v) is 22.4. The molecular formula is C31H32ClN5O. The van der Waals surface area contributed by atoms with E-state index in [1.807, 2.05) is 25.4 Å². The Morgan fingerprint density at radius 1 is 1.13 bits per heavy atom. The Morgan fingerprint density at radius 2 is 1.89 bits per heavy atom. The number of rotatable bonds is 7. The number of aryl methyl sites for hydroxylation is 1. The maximum absolute atomic E-state index is 13.1. The lowest BCUT2D eigenvalue weighted by atomic mass is 9.58. The number of aromatic nitrogens is 4. The molecule has 38 heavy (non-hydrogen) atoms. The van der Waals surface area contributed by atoms with Crippen molar-refractivity contribution >= 4 is 28.7 Å². The standard InChI is InChI=1S/C31H32ClN5O/c1-3-27-29(37-18-26(32)8-9-28(37)36-27)30(38)35-15-21-4-6-22(7-5-21)24-13-31(14-24)11-10-23(12-31)20(2)25-16-33-19-34-17-25/h4-9,16-19,23-24H,2-3,10-15H2,1H3,(H,35,38). The van der Waals surface area contributed by atoms with Gasteiger partial charge in [0.1, 0.15) is 17.7 Å². The van der Waals surface area contributed by atoms with Crippen molar-refractivity contribution in [2.24, 2.45) is 11.3 Å². The fraction of sp³-hybridized carbons (Fsp3) is 0.355. The van der Waals surface area contributed by atoms with Crippen LogP contribution in [-0.4, -0.2) is 25.3 Å². The van der Waals surface area contributed by atoms with E-state index < -0.39 is 0 Å². The van der Waals surface area contributed by atoms with E-state index in [-0.39, 0.29) is 5.91 Å². The van der Waals surface area contributed by atoms with Crippen molar-refractivity contribution in [1.82, 2.24) is 24.7 Å². The molecule has 1 atom stereocenters. The van der Waals surface area contributed by atoms with Gasteiger partial charge in [-0.2, -0.15) is 0 Å². The van der Waals surface area contributed by atoms with Gasteiger partial charge >= 0.3 is 0 Å². The molecule has 2 aliphatic rings. The van der Waals surface area contributed by atoms with Crippen LogP contribution in [0, 0.1) is 11.3 Å². The molecule has 4 aromatic rings. The molecule has 1 aromatic carbocycles. The van der Waals surface area contributed by atoms with Gasteiger partial charge in [0.05, 0.1) is 10.7 Å².